The number of aromatic nitrogens is 1. The first kappa shape index (κ1) is 25.0. The Morgan fingerprint density at radius 1 is 1.16 bits per heavy atom. The molecule has 2 aromatic rings. The molecule has 2 aliphatic rings. The van der Waals surface area contributed by atoms with E-state index >= 15 is 4.39 Å². The summed E-state index contributed by atoms with van der Waals surface area (Å²) in [7, 11) is 0. The lowest BCUT2D eigenvalue weighted by atomic mass is 9.64. The van der Waals surface area contributed by atoms with Crippen molar-refractivity contribution < 1.29 is 4.39 Å². The number of halogens is 1. The van der Waals surface area contributed by atoms with Crippen molar-refractivity contribution >= 4 is 16.3 Å². The molecule has 0 spiro atoms. The molecule has 4 rings (SSSR count). The average Bonchev–Trinajstić information content (AvgIpc) is 2.73. The van der Waals surface area contributed by atoms with E-state index in [2.05, 4.69) is 71.9 Å². The van der Waals surface area contributed by atoms with E-state index in [0.717, 1.165) is 35.6 Å². The van der Waals surface area contributed by atoms with Gasteiger partial charge in [0.15, 0.2) is 0 Å². The van der Waals surface area contributed by atoms with Crippen LogP contribution in [-0.2, 0) is 5.41 Å². The minimum absolute atomic E-state index is 0.0678. The van der Waals surface area contributed by atoms with Crippen LogP contribution in [0.1, 0.15) is 85.1 Å². The topological polar surface area (TPSA) is 12.9 Å². The Balaban J connectivity index is 0.000000513. The van der Waals surface area contributed by atoms with E-state index in [0.29, 0.717) is 0 Å². The van der Waals surface area contributed by atoms with Crippen molar-refractivity contribution in [2.24, 2.45) is 11.8 Å². The van der Waals surface area contributed by atoms with E-state index in [1.807, 2.05) is 27.0 Å². The van der Waals surface area contributed by atoms with Crippen LogP contribution in [-0.4, -0.2) is 4.98 Å². The molecule has 0 aliphatic heterocycles. The van der Waals surface area contributed by atoms with Gasteiger partial charge >= 0.3 is 0 Å². The lowest BCUT2D eigenvalue weighted by Crippen LogP contribution is -2.30. The second-order valence-electron chi connectivity index (χ2n) is 9.45. The van der Waals surface area contributed by atoms with Crippen LogP contribution in [0.3, 0.4) is 0 Å². The van der Waals surface area contributed by atoms with E-state index in [-0.39, 0.29) is 17.2 Å². The number of allylic oxidation sites excluding steroid dienone is 6. The third kappa shape index (κ3) is 4.84. The Morgan fingerprint density at radius 2 is 1.81 bits per heavy atom. The molecule has 1 aromatic heterocycles. The number of benzene rings is 1. The van der Waals surface area contributed by atoms with Gasteiger partial charge < -0.3 is 0 Å². The highest BCUT2D eigenvalue weighted by Gasteiger charge is 2.41. The van der Waals surface area contributed by atoms with Gasteiger partial charge in [-0.3, -0.25) is 4.98 Å². The largest absolute Gasteiger partial charge is 0.256 e. The zero-order chi connectivity index (χ0) is 23.3. The van der Waals surface area contributed by atoms with Crippen LogP contribution in [0.4, 0.5) is 4.39 Å². The highest BCUT2D eigenvalue weighted by atomic mass is 19.1. The summed E-state index contributed by atoms with van der Waals surface area (Å²) in [5.41, 5.74) is 5.02. The van der Waals surface area contributed by atoms with E-state index < -0.39 is 0 Å². The zero-order valence-corrected chi connectivity index (χ0v) is 20.9. The molecule has 0 radical (unpaired) electrons. The number of nitrogens with zero attached hydrogens (tertiary/aromatic N) is 1. The fourth-order valence-corrected chi connectivity index (χ4v) is 4.56. The monoisotopic (exact) mass is 421 g/mol. The molecule has 2 heteroatoms. The van der Waals surface area contributed by atoms with Crippen molar-refractivity contribution in [1.29, 1.82) is 0 Å². The highest BCUT2D eigenvalue weighted by Crippen LogP contribution is 2.53. The molecule has 1 unspecified atom stereocenters. The maximum absolute atomic E-state index is 15.0. The van der Waals surface area contributed by atoms with Gasteiger partial charge in [0.05, 0.1) is 5.69 Å². The minimum atomic E-state index is -0.355. The Labute approximate surface area is 189 Å². The second-order valence-corrected chi connectivity index (χ2v) is 9.45. The minimum Gasteiger partial charge on any atom is -0.256 e. The summed E-state index contributed by atoms with van der Waals surface area (Å²) >= 11 is 0. The summed E-state index contributed by atoms with van der Waals surface area (Å²) in [6.45, 7) is 19.0. The van der Waals surface area contributed by atoms with Gasteiger partial charge in [0.25, 0.3) is 0 Å². The molecule has 0 bridgehead atoms. The first-order chi connectivity index (χ1) is 14.7. The zero-order valence-electron chi connectivity index (χ0n) is 20.9. The van der Waals surface area contributed by atoms with Gasteiger partial charge in [-0.1, -0.05) is 72.8 Å². The van der Waals surface area contributed by atoms with Crippen molar-refractivity contribution in [1.82, 2.24) is 4.98 Å². The SMILES string of the molecule is CC.CC(C)C.CC=CCC1CC=C(F)C2=C1c1nccc3c(C)ccc(c13)C2(C)C. The standard InChI is InChI=1S/C23H24FN.C4H10.C2H6/c1-5-6-7-15-9-11-18(24)21-19(15)22-20-16(12-13-25-22)14(2)8-10-17(20)23(21,3)4;1-4(2)3;1-2/h5-6,8,10-13,15H,7,9H2,1-4H3;4H,1-3H3;1-2H3. The fraction of sp³-hybridized carbons (Fsp3) is 0.483. The lowest BCUT2D eigenvalue weighted by molar-refractivity contribution is 0.524. The number of hydrogen-bond donors (Lipinski definition) is 0. The van der Waals surface area contributed by atoms with E-state index in [1.165, 1.54) is 21.9 Å². The van der Waals surface area contributed by atoms with Crippen LogP contribution in [0.5, 0.6) is 0 Å². The van der Waals surface area contributed by atoms with Crippen LogP contribution in [0, 0.1) is 18.8 Å². The normalized spacial score (nSPS) is 18.8. The number of fused-ring (bicyclic) bond motifs is 1. The number of pyridine rings is 1. The lowest BCUT2D eigenvalue weighted by Gasteiger charge is -2.40. The quantitative estimate of drug-likeness (QED) is 0.440. The van der Waals surface area contributed by atoms with Gasteiger partial charge in [0.1, 0.15) is 5.83 Å². The summed E-state index contributed by atoms with van der Waals surface area (Å²) in [5.74, 6) is 1.05. The fourth-order valence-electron chi connectivity index (χ4n) is 4.56. The molecule has 0 saturated heterocycles. The summed E-state index contributed by atoms with van der Waals surface area (Å²) in [6.07, 6.45) is 9.58. The van der Waals surface area contributed by atoms with Gasteiger partial charge in [0.2, 0.25) is 0 Å². The first-order valence-corrected chi connectivity index (χ1v) is 11.8. The van der Waals surface area contributed by atoms with Crippen molar-refractivity contribution in [2.45, 2.75) is 80.6 Å². The van der Waals surface area contributed by atoms with Crippen molar-refractivity contribution in [3.63, 3.8) is 0 Å². The molecule has 168 valence electrons. The molecule has 1 nitrogen and oxygen atoms in total. The van der Waals surface area contributed by atoms with Crippen LogP contribution >= 0.6 is 0 Å². The maximum Gasteiger partial charge on any atom is 0.123 e. The van der Waals surface area contributed by atoms with Crippen LogP contribution in [0.25, 0.3) is 16.3 Å². The van der Waals surface area contributed by atoms with Gasteiger partial charge in [-0.15, -0.1) is 0 Å². The molecular formula is C29H40FN. The second kappa shape index (κ2) is 10.4. The number of aryl methyl sites for hydroxylation is 1. The molecule has 1 heterocycles. The van der Waals surface area contributed by atoms with Crippen molar-refractivity contribution in [3.8, 4) is 0 Å². The number of hydrogen-bond acceptors (Lipinski definition) is 1. The first-order valence-electron chi connectivity index (χ1n) is 11.8. The van der Waals surface area contributed by atoms with Crippen LogP contribution < -0.4 is 0 Å². The summed E-state index contributed by atoms with van der Waals surface area (Å²) in [6, 6.07) is 6.40. The summed E-state index contributed by atoms with van der Waals surface area (Å²) < 4.78 is 15.0. The van der Waals surface area contributed by atoms with Gasteiger partial charge in [-0.25, -0.2) is 4.39 Å². The molecule has 0 saturated carbocycles. The van der Waals surface area contributed by atoms with Crippen LogP contribution in [0.15, 0.2) is 54.0 Å². The molecule has 0 fully saturated rings. The number of rotatable bonds is 2. The molecule has 2 aliphatic carbocycles. The van der Waals surface area contributed by atoms with E-state index in [4.69, 9.17) is 4.98 Å². The predicted octanol–water partition coefficient (Wildman–Crippen LogP) is 9.12. The molecule has 1 atom stereocenters. The van der Waals surface area contributed by atoms with Crippen molar-refractivity contribution in [3.05, 3.63) is 70.8 Å². The Morgan fingerprint density at radius 3 is 2.42 bits per heavy atom. The predicted molar refractivity (Wildman–Crippen MR) is 135 cm³/mol. The Hall–Kier alpha value is -2.22. The summed E-state index contributed by atoms with van der Waals surface area (Å²) in [5, 5.41) is 2.45. The van der Waals surface area contributed by atoms with Crippen molar-refractivity contribution in [2.75, 3.05) is 0 Å². The maximum atomic E-state index is 15.0. The van der Waals surface area contributed by atoms with Gasteiger partial charge in [0, 0.05) is 22.6 Å². The summed E-state index contributed by atoms with van der Waals surface area (Å²) in [4.78, 5) is 4.75. The smallest absolute Gasteiger partial charge is 0.123 e. The van der Waals surface area contributed by atoms with E-state index in [1.54, 1.807) is 6.08 Å². The molecule has 0 N–H and O–H groups in total. The molecule has 31 heavy (non-hydrogen) atoms. The highest BCUT2D eigenvalue weighted by molar-refractivity contribution is 6.01. The van der Waals surface area contributed by atoms with Gasteiger partial charge in [-0.05, 0) is 72.8 Å². The third-order valence-electron chi connectivity index (χ3n) is 5.85. The Bertz CT molecular complexity index is 1000. The Kier molecular flexibility index (Phi) is 8.40. The molecule has 0 amide bonds. The molecule has 1 aromatic carbocycles. The average molecular weight is 422 g/mol. The van der Waals surface area contributed by atoms with E-state index in [9.17, 15) is 0 Å². The molecular weight excluding hydrogens is 381 g/mol. The van der Waals surface area contributed by atoms with Gasteiger partial charge in [-0.2, -0.15) is 0 Å². The third-order valence-corrected chi connectivity index (χ3v) is 5.85. The van der Waals surface area contributed by atoms with Crippen LogP contribution in [0.2, 0.25) is 0 Å².